The number of hydrogen-bond donors (Lipinski definition) is 0. The van der Waals surface area contributed by atoms with Crippen LogP contribution < -0.4 is 9.80 Å². The molecule has 0 atom stereocenters. The average molecular weight is 373 g/mol. The number of benzene rings is 2. The minimum absolute atomic E-state index is 0.158. The third kappa shape index (κ3) is 2.85. The summed E-state index contributed by atoms with van der Waals surface area (Å²) in [5.41, 5.74) is 5.36. The van der Waals surface area contributed by atoms with Crippen LogP contribution in [0.1, 0.15) is 12.5 Å². The fourth-order valence-electron chi connectivity index (χ4n) is 4.14. The Labute approximate surface area is 164 Å². The standard InChI is InChI=1S/C22H23N5O/c1-16(28)25-11-13-26(14-12-25)18-7-8-19-20(15-18)27-10-9-23-22(27)21(24-19)17-5-3-2-4-6-17/h2-8,15H,9-14H2,1H3. The summed E-state index contributed by atoms with van der Waals surface area (Å²) in [6, 6.07) is 16.8. The number of nitrogens with zero attached hydrogens (tertiary/aromatic N) is 5. The van der Waals surface area contributed by atoms with Gasteiger partial charge in [-0.25, -0.2) is 4.99 Å². The largest absolute Gasteiger partial charge is 0.368 e. The van der Waals surface area contributed by atoms with E-state index in [1.165, 1.54) is 5.69 Å². The van der Waals surface area contributed by atoms with E-state index in [1.807, 2.05) is 23.1 Å². The molecule has 2 aromatic carbocycles. The number of amides is 1. The Bertz CT molecular complexity index is 974. The average Bonchev–Trinajstić information content (AvgIpc) is 3.24. The van der Waals surface area contributed by atoms with E-state index in [0.717, 1.165) is 67.8 Å². The minimum atomic E-state index is 0.158. The first kappa shape index (κ1) is 17.0. The Balaban J connectivity index is 1.48. The lowest BCUT2D eigenvalue weighted by atomic mass is 10.0. The van der Waals surface area contributed by atoms with Gasteiger partial charge in [0.05, 0.1) is 17.9 Å². The van der Waals surface area contributed by atoms with Crippen LogP contribution in [-0.4, -0.2) is 61.6 Å². The maximum Gasteiger partial charge on any atom is 0.219 e. The van der Waals surface area contributed by atoms with Crippen molar-refractivity contribution >= 4 is 34.5 Å². The summed E-state index contributed by atoms with van der Waals surface area (Å²) in [4.78, 5) is 27.8. The van der Waals surface area contributed by atoms with Crippen LogP contribution >= 0.6 is 0 Å². The van der Waals surface area contributed by atoms with Gasteiger partial charge in [-0.3, -0.25) is 9.79 Å². The molecule has 0 aromatic heterocycles. The highest BCUT2D eigenvalue weighted by Crippen LogP contribution is 2.38. The molecule has 0 unspecified atom stereocenters. The number of amidine groups is 1. The lowest BCUT2D eigenvalue weighted by Gasteiger charge is -2.36. The topological polar surface area (TPSA) is 51.5 Å². The van der Waals surface area contributed by atoms with Gasteiger partial charge in [-0.2, -0.15) is 0 Å². The van der Waals surface area contributed by atoms with Gasteiger partial charge in [0, 0.05) is 50.9 Å². The smallest absolute Gasteiger partial charge is 0.219 e. The predicted molar refractivity (Wildman–Crippen MR) is 113 cm³/mol. The summed E-state index contributed by atoms with van der Waals surface area (Å²) in [5, 5.41) is 0. The number of piperazine rings is 1. The van der Waals surface area contributed by atoms with Gasteiger partial charge in [0.25, 0.3) is 0 Å². The molecule has 0 spiro atoms. The van der Waals surface area contributed by atoms with Crippen LogP contribution in [0.4, 0.5) is 17.1 Å². The van der Waals surface area contributed by atoms with E-state index in [9.17, 15) is 4.79 Å². The van der Waals surface area contributed by atoms with Crippen LogP contribution in [-0.2, 0) is 4.79 Å². The first-order valence-corrected chi connectivity index (χ1v) is 9.82. The molecule has 3 aliphatic heterocycles. The van der Waals surface area contributed by atoms with E-state index < -0.39 is 0 Å². The van der Waals surface area contributed by atoms with Crippen molar-refractivity contribution in [2.45, 2.75) is 6.92 Å². The number of hydrogen-bond acceptors (Lipinski definition) is 5. The molecule has 1 amide bonds. The zero-order valence-corrected chi connectivity index (χ0v) is 16.0. The number of anilines is 2. The van der Waals surface area contributed by atoms with Crippen LogP contribution in [0, 0.1) is 0 Å². The molecular formula is C22H23N5O. The minimum Gasteiger partial charge on any atom is -0.368 e. The summed E-state index contributed by atoms with van der Waals surface area (Å²) >= 11 is 0. The molecular weight excluding hydrogens is 350 g/mol. The van der Waals surface area contributed by atoms with Crippen molar-refractivity contribution in [3.63, 3.8) is 0 Å². The second-order valence-electron chi connectivity index (χ2n) is 7.35. The Kier molecular flexibility index (Phi) is 4.11. The molecule has 0 aliphatic carbocycles. The first-order chi connectivity index (χ1) is 13.7. The number of rotatable bonds is 2. The molecule has 142 valence electrons. The van der Waals surface area contributed by atoms with Gasteiger partial charge >= 0.3 is 0 Å². The van der Waals surface area contributed by atoms with Gasteiger partial charge in [-0.1, -0.05) is 30.3 Å². The number of carbonyl (C=O) groups is 1. The van der Waals surface area contributed by atoms with E-state index in [1.54, 1.807) is 6.92 Å². The normalized spacial score (nSPS) is 18.4. The molecule has 1 fully saturated rings. The van der Waals surface area contributed by atoms with Crippen molar-refractivity contribution in [2.75, 3.05) is 49.1 Å². The van der Waals surface area contributed by atoms with Crippen LogP contribution in [0.3, 0.4) is 0 Å². The Morgan fingerprint density at radius 2 is 1.75 bits per heavy atom. The summed E-state index contributed by atoms with van der Waals surface area (Å²) < 4.78 is 0. The molecule has 6 nitrogen and oxygen atoms in total. The van der Waals surface area contributed by atoms with Crippen molar-refractivity contribution in [2.24, 2.45) is 9.98 Å². The van der Waals surface area contributed by atoms with E-state index >= 15 is 0 Å². The fourth-order valence-corrected chi connectivity index (χ4v) is 4.14. The van der Waals surface area contributed by atoms with Crippen LogP contribution in [0.15, 0.2) is 58.5 Å². The van der Waals surface area contributed by atoms with Gasteiger partial charge in [-0.05, 0) is 18.2 Å². The summed E-state index contributed by atoms with van der Waals surface area (Å²) in [6.45, 7) is 6.59. The maximum atomic E-state index is 11.6. The molecule has 1 saturated heterocycles. The second kappa shape index (κ2) is 6.78. The van der Waals surface area contributed by atoms with E-state index in [2.05, 4.69) is 40.1 Å². The predicted octanol–water partition coefficient (Wildman–Crippen LogP) is 2.71. The quantitative estimate of drug-likeness (QED) is 0.813. The second-order valence-corrected chi connectivity index (χ2v) is 7.35. The van der Waals surface area contributed by atoms with Gasteiger partial charge in [0.15, 0.2) is 5.84 Å². The van der Waals surface area contributed by atoms with Crippen molar-refractivity contribution < 1.29 is 4.79 Å². The molecule has 28 heavy (non-hydrogen) atoms. The lowest BCUT2D eigenvalue weighted by molar-refractivity contribution is -0.129. The van der Waals surface area contributed by atoms with Crippen LogP contribution in [0.25, 0.3) is 0 Å². The van der Waals surface area contributed by atoms with Crippen LogP contribution in [0.2, 0.25) is 0 Å². The lowest BCUT2D eigenvalue weighted by Crippen LogP contribution is -2.48. The molecule has 0 saturated carbocycles. The maximum absolute atomic E-state index is 11.6. The summed E-state index contributed by atoms with van der Waals surface area (Å²) in [7, 11) is 0. The van der Waals surface area contributed by atoms with Crippen molar-refractivity contribution in [1.82, 2.24) is 4.90 Å². The molecule has 3 aliphatic rings. The number of fused-ring (bicyclic) bond motifs is 3. The molecule has 3 heterocycles. The highest BCUT2D eigenvalue weighted by Gasteiger charge is 2.31. The van der Waals surface area contributed by atoms with Gasteiger partial charge < -0.3 is 14.7 Å². The molecule has 5 rings (SSSR count). The highest BCUT2D eigenvalue weighted by molar-refractivity contribution is 6.53. The highest BCUT2D eigenvalue weighted by atomic mass is 16.2. The zero-order valence-electron chi connectivity index (χ0n) is 16.0. The van der Waals surface area contributed by atoms with Gasteiger partial charge in [-0.15, -0.1) is 0 Å². The molecule has 0 N–H and O–H groups in total. The van der Waals surface area contributed by atoms with Crippen molar-refractivity contribution in [1.29, 1.82) is 0 Å². The van der Waals surface area contributed by atoms with E-state index in [-0.39, 0.29) is 5.91 Å². The molecule has 0 bridgehead atoms. The molecule has 6 heteroatoms. The number of carbonyl (C=O) groups excluding carboxylic acids is 1. The summed E-state index contributed by atoms with van der Waals surface area (Å²) in [5.74, 6) is 1.13. The summed E-state index contributed by atoms with van der Waals surface area (Å²) in [6.07, 6.45) is 0. The third-order valence-corrected chi connectivity index (χ3v) is 5.67. The number of aliphatic imine (C=N–C) groups is 2. The van der Waals surface area contributed by atoms with Crippen molar-refractivity contribution in [3.05, 3.63) is 54.1 Å². The van der Waals surface area contributed by atoms with Crippen molar-refractivity contribution in [3.8, 4) is 0 Å². The zero-order chi connectivity index (χ0) is 19.1. The SMILES string of the molecule is CC(=O)N1CCN(c2ccc3c(c2)N2CCN=C2C(c2ccccc2)=N3)CC1. The Hall–Kier alpha value is -3.15. The molecule has 0 radical (unpaired) electrons. The Morgan fingerprint density at radius 1 is 0.964 bits per heavy atom. The third-order valence-electron chi connectivity index (χ3n) is 5.67. The van der Waals surface area contributed by atoms with Gasteiger partial charge in [0.2, 0.25) is 5.91 Å². The first-order valence-electron chi connectivity index (χ1n) is 9.82. The fraction of sp³-hybridized carbons (Fsp3) is 0.318. The monoisotopic (exact) mass is 373 g/mol. The van der Waals surface area contributed by atoms with Crippen LogP contribution in [0.5, 0.6) is 0 Å². The van der Waals surface area contributed by atoms with Gasteiger partial charge in [0.1, 0.15) is 5.71 Å². The molecule has 2 aromatic rings. The Morgan fingerprint density at radius 3 is 2.50 bits per heavy atom. The van der Waals surface area contributed by atoms with E-state index in [4.69, 9.17) is 9.98 Å². The van der Waals surface area contributed by atoms with E-state index in [0.29, 0.717) is 0 Å².